The van der Waals surface area contributed by atoms with E-state index in [-0.39, 0.29) is 24.0 Å². The largest absolute Gasteiger partial charge is 0.417 e. The Bertz CT molecular complexity index is 493. The molecule has 2 amide bonds. The molecule has 0 radical (unpaired) electrons. The van der Waals surface area contributed by atoms with Crippen molar-refractivity contribution in [3.8, 4) is 5.88 Å². The number of urea groups is 1. The average molecular weight is 313 g/mol. The minimum absolute atomic E-state index is 0.158. The molecule has 1 atom stereocenters. The molecule has 1 aliphatic carbocycles. The van der Waals surface area contributed by atoms with Crippen LogP contribution in [0.4, 0.5) is 13.6 Å². The number of ether oxygens (including phenoxy) is 1. The minimum atomic E-state index is -2.92. The van der Waals surface area contributed by atoms with E-state index in [1.54, 1.807) is 13.0 Å². The maximum absolute atomic E-state index is 12.2. The molecule has 1 fully saturated rings. The lowest BCUT2D eigenvalue weighted by molar-refractivity contribution is -0.0529. The van der Waals surface area contributed by atoms with Crippen LogP contribution in [-0.4, -0.2) is 23.7 Å². The summed E-state index contributed by atoms with van der Waals surface area (Å²) in [5.74, 6) is -0.158. The summed E-state index contributed by atoms with van der Waals surface area (Å²) in [7, 11) is 0. The van der Waals surface area contributed by atoms with Gasteiger partial charge in [-0.25, -0.2) is 9.78 Å². The van der Waals surface area contributed by atoms with Crippen LogP contribution in [0.25, 0.3) is 0 Å². The molecule has 0 spiro atoms. The van der Waals surface area contributed by atoms with Crippen molar-refractivity contribution in [3.05, 3.63) is 23.9 Å². The molecule has 22 heavy (non-hydrogen) atoms. The lowest BCUT2D eigenvalue weighted by Gasteiger charge is -2.24. The van der Waals surface area contributed by atoms with Crippen molar-refractivity contribution in [1.29, 1.82) is 0 Å². The fraction of sp³-hybridized carbons (Fsp3) is 0.600. The molecule has 0 aromatic carbocycles. The zero-order valence-electron chi connectivity index (χ0n) is 12.5. The first-order valence-corrected chi connectivity index (χ1v) is 7.52. The van der Waals surface area contributed by atoms with E-state index in [0.29, 0.717) is 5.56 Å². The summed E-state index contributed by atoms with van der Waals surface area (Å²) in [4.78, 5) is 15.7. The summed E-state index contributed by atoms with van der Waals surface area (Å²) < 4.78 is 28.6. The Morgan fingerprint density at radius 3 is 2.77 bits per heavy atom. The summed E-state index contributed by atoms with van der Waals surface area (Å²) >= 11 is 0. The molecule has 0 bridgehead atoms. The number of nitrogens with zero attached hydrogens (tertiary/aromatic N) is 1. The van der Waals surface area contributed by atoms with Crippen molar-refractivity contribution in [2.45, 2.75) is 57.7 Å². The molecule has 122 valence electrons. The molecule has 0 saturated heterocycles. The zero-order valence-corrected chi connectivity index (χ0v) is 12.5. The van der Waals surface area contributed by atoms with Crippen LogP contribution < -0.4 is 15.4 Å². The zero-order chi connectivity index (χ0) is 15.9. The molecule has 7 heteroatoms. The number of aromatic nitrogens is 1. The van der Waals surface area contributed by atoms with Crippen LogP contribution in [0.1, 0.15) is 50.6 Å². The van der Waals surface area contributed by atoms with Gasteiger partial charge in [-0.15, -0.1) is 0 Å². The van der Waals surface area contributed by atoms with Gasteiger partial charge in [-0.2, -0.15) is 8.78 Å². The van der Waals surface area contributed by atoms with Crippen LogP contribution in [0, 0.1) is 0 Å². The summed E-state index contributed by atoms with van der Waals surface area (Å²) in [5.41, 5.74) is 0.657. The lowest BCUT2D eigenvalue weighted by atomic mass is 9.96. The Morgan fingerprint density at radius 1 is 1.36 bits per heavy atom. The van der Waals surface area contributed by atoms with Crippen LogP contribution >= 0.6 is 0 Å². The summed E-state index contributed by atoms with van der Waals surface area (Å²) in [6, 6.07) is 2.71. The summed E-state index contributed by atoms with van der Waals surface area (Å²) in [6.07, 6.45) is 6.88. The van der Waals surface area contributed by atoms with E-state index < -0.39 is 6.61 Å². The van der Waals surface area contributed by atoms with Crippen LogP contribution in [-0.2, 0) is 0 Å². The number of hydrogen-bond donors (Lipinski definition) is 2. The van der Waals surface area contributed by atoms with E-state index in [4.69, 9.17) is 0 Å². The van der Waals surface area contributed by atoms with Crippen LogP contribution in [0.5, 0.6) is 5.88 Å². The van der Waals surface area contributed by atoms with Gasteiger partial charge in [-0.3, -0.25) is 0 Å². The number of carbonyl (C=O) groups is 1. The molecule has 0 unspecified atom stereocenters. The molecule has 1 aromatic rings. The Balaban J connectivity index is 1.87. The number of alkyl halides is 2. The van der Waals surface area contributed by atoms with E-state index in [2.05, 4.69) is 20.4 Å². The van der Waals surface area contributed by atoms with Crippen LogP contribution in [0.2, 0.25) is 0 Å². The second kappa shape index (κ2) is 7.91. The van der Waals surface area contributed by atoms with Crippen molar-refractivity contribution >= 4 is 6.03 Å². The minimum Gasteiger partial charge on any atom is -0.417 e. The van der Waals surface area contributed by atoms with Crippen molar-refractivity contribution in [1.82, 2.24) is 15.6 Å². The Hall–Kier alpha value is -1.92. The summed E-state index contributed by atoms with van der Waals surface area (Å²) in [6.45, 7) is -1.14. The van der Waals surface area contributed by atoms with Crippen molar-refractivity contribution < 1.29 is 18.3 Å². The smallest absolute Gasteiger partial charge is 0.388 e. The van der Waals surface area contributed by atoms with E-state index in [1.165, 1.54) is 18.7 Å². The Labute approximate surface area is 128 Å². The maximum atomic E-state index is 12.2. The maximum Gasteiger partial charge on any atom is 0.388 e. The van der Waals surface area contributed by atoms with Gasteiger partial charge in [0.05, 0.1) is 6.04 Å². The van der Waals surface area contributed by atoms with E-state index in [1.807, 2.05) is 0 Å². The van der Waals surface area contributed by atoms with Gasteiger partial charge in [-0.1, -0.05) is 19.3 Å². The normalized spacial score (nSPS) is 17.1. The van der Waals surface area contributed by atoms with Gasteiger partial charge in [0.15, 0.2) is 0 Å². The third-order valence-electron chi connectivity index (χ3n) is 3.76. The highest BCUT2D eigenvalue weighted by molar-refractivity contribution is 5.74. The van der Waals surface area contributed by atoms with Gasteiger partial charge < -0.3 is 15.4 Å². The van der Waals surface area contributed by atoms with Crippen molar-refractivity contribution in [2.24, 2.45) is 0 Å². The van der Waals surface area contributed by atoms with Gasteiger partial charge in [0, 0.05) is 18.3 Å². The third kappa shape index (κ3) is 5.13. The number of rotatable bonds is 5. The number of halogens is 2. The molecular formula is C15H21F2N3O2. The monoisotopic (exact) mass is 313 g/mol. The standard InChI is InChI=1S/C15H21F2N3O2/c1-10(11-7-8-18-13(9-11)22-14(16)17)19-15(21)20-12-5-3-2-4-6-12/h7-10,12,14H,2-6H2,1H3,(H2,19,20,21)/t10-/m0/s1. The van der Waals surface area contributed by atoms with Crippen molar-refractivity contribution in [3.63, 3.8) is 0 Å². The Morgan fingerprint density at radius 2 is 2.09 bits per heavy atom. The highest BCUT2D eigenvalue weighted by Gasteiger charge is 2.17. The molecule has 2 rings (SSSR count). The summed E-state index contributed by atoms with van der Waals surface area (Å²) in [5, 5.41) is 5.75. The first kappa shape index (κ1) is 16.5. The van der Waals surface area contributed by atoms with Gasteiger partial charge in [0.2, 0.25) is 5.88 Å². The molecule has 2 N–H and O–H groups in total. The quantitative estimate of drug-likeness (QED) is 0.876. The van der Waals surface area contributed by atoms with Crippen LogP contribution in [0.15, 0.2) is 18.3 Å². The third-order valence-corrected chi connectivity index (χ3v) is 3.76. The number of carbonyl (C=O) groups excluding carboxylic acids is 1. The predicted octanol–water partition coefficient (Wildman–Crippen LogP) is 3.38. The highest BCUT2D eigenvalue weighted by atomic mass is 19.3. The average Bonchev–Trinajstić information content (AvgIpc) is 2.47. The Kier molecular flexibility index (Phi) is 5.91. The lowest BCUT2D eigenvalue weighted by Crippen LogP contribution is -2.43. The van der Waals surface area contributed by atoms with E-state index in [9.17, 15) is 13.6 Å². The predicted molar refractivity (Wildman–Crippen MR) is 77.8 cm³/mol. The molecule has 0 aliphatic heterocycles. The number of hydrogen-bond acceptors (Lipinski definition) is 3. The van der Waals surface area contributed by atoms with E-state index >= 15 is 0 Å². The molecule has 5 nitrogen and oxygen atoms in total. The number of nitrogens with one attached hydrogen (secondary N) is 2. The molecule has 1 saturated carbocycles. The molecule has 1 aliphatic rings. The number of pyridine rings is 1. The van der Waals surface area contributed by atoms with Crippen LogP contribution in [0.3, 0.4) is 0 Å². The first-order valence-electron chi connectivity index (χ1n) is 7.52. The second-order valence-electron chi connectivity index (χ2n) is 5.48. The highest BCUT2D eigenvalue weighted by Crippen LogP contribution is 2.19. The van der Waals surface area contributed by atoms with Gasteiger partial charge >= 0.3 is 12.6 Å². The van der Waals surface area contributed by atoms with E-state index in [0.717, 1.165) is 25.7 Å². The van der Waals surface area contributed by atoms with Gasteiger partial charge in [0.25, 0.3) is 0 Å². The van der Waals surface area contributed by atoms with Gasteiger partial charge in [-0.05, 0) is 31.4 Å². The topological polar surface area (TPSA) is 63.2 Å². The fourth-order valence-corrected chi connectivity index (χ4v) is 2.60. The number of amides is 2. The molecule has 1 heterocycles. The fourth-order valence-electron chi connectivity index (χ4n) is 2.60. The van der Waals surface area contributed by atoms with Crippen molar-refractivity contribution in [2.75, 3.05) is 0 Å². The molecule has 1 aromatic heterocycles. The molecular weight excluding hydrogens is 292 g/mol. The first-order chi connectivity index (χ1) is 10.5. The van der Waals surface area contributed by atoms with Gasteiger partial charge in [0.1, 0.15) is 0 Å². The SMILES string of the molecule is C[C@H](NC(=O)NC1CCCCC1)c1ccnc(OC(F)F)c1. The second-order valence-corrected chi connectivity index (χ2v) is 5.48.